The first-order valence-corrected chi connectivity index (χ1v) is 5.31. The first-order chi connectivity index (χ1) is 8.15. The number of nitrogens with one attached hydrogen (secondary N) is 1. The summed E-state index contributed by atoms with van der Waals surface area (Å²) in [5.41, 5.74) is 8.48. The molecule has 3 N–H and O–H groups in total. The van der Waals surface area contributed by atoms with Gasteiger partial charge in [0.25, 0.3) is 5.95 Å². The van der Waals surface area contributed by atoms with Crippen LogP contribution in [0.3, 0.4) is 0 Å². The quantitative estimate of drug-likeness (QED) is 0.834. The number of hydrogen-bond donors (Lipinski definition) is 2. The molecule has 1 aromatic heterocycles. The molecule has 1 heterocycles. The van der Waals surface area contributed by atoms with Gasteiger partial charge in [0, 0.05) is 10.0 Å². The normalized spacial score (nSPS) is 10.5. The molecule has 0 saturated heterocycles. The van der Waals surface area contributed by atoms with E-state index in [2.05, 4.69) is 20.1 Å². The topological polar surface area (TPSA) is 86.2 Å². The fourth-order valence-corrected chi connectivity index (χ4v) is 1.56. The van der Waals surface area contributed by atoms with Crippen LogP contribution in [-0.4, -0.2) is 10.1 Å². The largest absolute Gasteiger partial charge is 0.351 e. The highest BCUT2D eigenvalue weighted by atomic mass is 35.5. The molecule has 0 aliphatic heterocycles. The molecule has 0 atom stereocenters. The lowest BCUT2D eigenvalue weighted by Crippen LogP contribution is -2.03. The van der Waals surface area contributed by atoms with Gasteiger partial charge in [-0.2, -0.15) is 4.98 Å². The van der Waals surface area contributed by atoms with Gasteiger partial charge in [-0.3, -0.25) is 4.84 Å². The molecule has 1 aromatic carbocycles. The van der Waals surface area contributed by atoms with Gasteiger partial charge in [-0.15, -0.1) is 0 Å². The molecule has 17 heavy (non-hydrogen) atoms. The van der Waals surface area contributed by atoms with E-state index in [1.54, 1.807) is 18.2 Å². The minimum Gasteiger partial charge on any atom is -0.351 e. The van der Waals surface area contributed by atoms with Gasteiger partial charge in [0.2, 0.25) is 0 Å². The van der Waals surface area contributed by atoms with Crippen molar-refractivity contribution in [2.75, 3.05) is 11.2 Å². The molecule has 0 unspecified atom stereocenters. The van der Waals surface area contributed by atoms with Crippen LogP contribution >= 0.6 is 23.2 Å². The highest BCUT2D eigenvalue weighted by molar-refractivity contribution is 6.35. The minimum atomic E-state index is -0.0411. The van der Waals surface area contributed by atoms with E-state index in [-0.39, 0.29) is 18.6 Å². The summed E-state index contributed by atoms with van der Waals surface area (Å²) < 4.78 is 4.54. The molecular weight excluding hydrogens is 267 g/mol. The van der Waals surface area contributed by atoms with Gasteiger partial charge in [0.1, 0.15) is 6.61 Å². The lowest BCUT2D eigenvalue weighted by Gasteiger charge is -2.05. The van der Waals surface area contributed by atoms with E-state index < -0.39 is 0 Å². The van der Waals surface area contributed by atoms with Crippen LogP contribution < -0.4 is 11.2 Å². The van der Waals surface area contributed by atoms with E-state index in [4.69, 9.17) is 33.8 Å². The lowest BCUT2D eigenvalue weighted by molar-refractivity contribution is 0.176. The highest BCUT2D eigenvalue weighted by Crippen LogP contribution is 2.21. The highest BCUT2D eigenvalue weighted by Gasteiger charge is 2.04. The maximum Gasteiger partial charge on any atom is 0.320 e. The fourth-order valence-electron chi connectivity index (χ4n) is 1.09. The molecule has 6 nitrogen and oxygen atoms in total. The molecule has 0 fully saturated rings. The average Bonchev–Trinajstić information content (AvgIpc) is 2.68. The molecule has 2 rings (SSSR count). The Morgan fingerprint density at radius 1 is 1.41 bits per heavy atom. The Hall–Kier alpha value is -1.50. The minimum absolute atomic E-state index is 0.0411. The monoisotopic (exact) mass is 274 g/mol. The molecule has 0 bridgehead atoms. The number of anilines is 2. The van der Waals surface area contributed by atoms with Crippen LogP contribution in [0.2, 0.25) is 10.0 Å². The van der Waals surface area contributed by atoms with E-state index >= 15 is 0 Å². The zero-order chi connectivity index (χ0) is 12.3. The van der Waals surface area contributed by atoms with Crippen LogP contribution in [0, 0.1) is 0 Å². The van der Waals surface area contributed by atoms with Gasteiger partial charge in [0.05, 0.1) is 0 Å². The smallest absolute Gasteiger partial charge is 0.320 e. The first kappa shape index (κ1) is 12.0. The Kier molecular flexibility index (Phi) is 3.68. The average molecular weight is 275 g/mol. The zero-order valence-electron chi connectivity index (χ0n) is 8.48. The summed E-state index contributed by atoms with van der Waals surface area (Å²) in [6.45, 7) is 0.227. The molecule has 0 spiro atoms. The van der Waals surface area contributed by atoms with Gasteiger partial charge in [0.15, 0.2) is 0 Å². The molecule has 0 aliphatic carbocycles. The third-order valence-electron chi connectivity index (χ3n) is 1.85. The second-order valence-electron chi connectivity index (χ2n) is 3.08. The molecular formula is C9H8Cl2N4O2. The molecule has 8 heteroatoms. The summed E-state index contributed by atoms with van der Waals surface area (Å²) >= 11 is 11.7. The van der Waals surface area contributed by atoms with Crippen molar-refractivity contribution in [2.45, 2.75) is 6.61 Å². The third kappa shape index (κ3) is 3.23. The Morgan fingerprint density at radius 2 is 2.24 bits per heavy atom. The predicted octanol–water partition coefficient (Wildman–Crippen LogP) is 2.50. The number of nitrogens with two attached hydrogens (primary N) is 1. The van der Waals surface area contributed by atoms with E-state index in [9.17, 15) is 0 Å². The maximum atomic E-state index is 5.95. The van der Waals surface area contributed by atoms with E-state index in [0.717, 1.165) is 5.56 Å². The van der Waals surface area contributed by atoms with E-state index in [1.165, 1.54) is 0 Å². The number of halogens is 2. The van der Waals surface area contributed by atoms with Gasteiger partial charge < -0.3 is 10.3 Å². The molecule has 0 amide bonds. The zero-order valence-corrected chi connectivity index (χ0v) is 10.00. The van der Waals surface area contributed by atoms with Crippen molar-refractivity contribution in [2.24, 2.45) is 0 Å². The molecule has 0 saturated carbocycles. The fraction of sp³-hybridized carbons (Fsp3) is 0.111. The summed E-state index contributed by atoms with van der Waals surface area (Å²) in [7, 11) is 0. The second-order valence-corrected chi connectivity index (χ2v) is 3.93. The summed E-state index contributed by atoms with van der Waals surface area (Å²) in [6, 6.07) is 5.07. The van der Waals surface area contributed by atoms with Crippen LogP contribution in [0.1, 0.15) is 5.56 Å². The first-order valence-electron chi connectivity index (χ1n) is 4.56. The predicted molar refractivity (Wildman–Crippen MR) is 63.6 cm³/mol. The van der Waals surface area contributed by atoms with Gasteiger partial charge >= 0.3 is 6.01 Å². The SMILES string of the molecule is Nc1nc(NOCc2ccc(Cl)cc2Cl)no1. The van der Waals surface area contributed by atoms with Crippen LogP contribution in [-0.2, 0) is 11.4 Å². The number of nitrogen functional groups attached to an aromatic ring is 1. The van der Waals surface area contributed by atoms with Crippen LogP contribution in [0.15, 0.2) is 22.7 Å². The molecule has 0 radical (unpaired) electrons. The number of benzene rings is 1. The van der Waals surface area contributed by atoms with Crippen LogP contribution in [0.5, 0.6) is 0 Å². The second kappa shape index (κ2) is 5.22. The Balaban J connectivity index is 1.90. The standard InChI is InChI=1S/C9H8Cl2N4O2/c10-6-2-1-5(7(11)3-6)4-16-14-9-13-8(12)17-15-9/h1-3H,4H2,(H3,12,13,14,15). The summed E-state index contributed by atoms with van der Waals surface area (Å²) in [5.74, 6) is 0.146. The number of aromatic nitrogens is 2. The third-order valence-corrected chi connectivity index (χ3v) is 2.43. The van der Waals surface area contributed by atoms with Gasteiger partial charge in [-0.05, 0) is 22.9 Å². The van der Waals surface area contributed by atoms with Crippen molar-refractivity contribution >= 4 is 35.2 Å². The summed E-state index contributed by atoms with van der Waals surface area (Å²) in [5, 5.41) is 4.57. The molecule has 0 aliphatic rings. The van der Waals surface area contributed by atoms with Gasteiger partial charge in [-0.1, -0.05) is 29.3 Å². The molecule has 2 aromatic rings. The van der Waals surface area contributed by atoms with Crippen molar-refractivity contribution in [3.8, 4) is 0 Å². The molecule has 90 valence electrons. The Bertz CT molecular complexity index is 517. The van der Waals surface area contributed by atoms with E-state index in [1.807, 2.05) is 0 Å². The van der Waals surface area contributed by atoms with Crippen molar-refractivity contribution in [1.82, 2.24) is 10.1 Å². The lowest BCUT2D eigenvalue weighted by atomic mass is 10.2. The number of hydrogen-bond acceptors (Lipinski definition) is 6. The van der Waals surface area contributed by atoms with Gasteiger partial charge in [-0.25, -0.2) is 5.48 Å². The number of rotatable bonds is 4. The Labute approximate surface area is 107 Å². The Morgan fingerprint density at radius 3 is 2.88 bits per heavy atom. The van der Waals surface area contributed by atoms with Crippen molar-refractivity contribution in [1.29, 1.82) is 0 Å². The van der Waals surface area contributed by atoms with Crippen LogP contribution in [0.4, 0.5) is 12.0 Å². The number of nitrogens with zero attached hydrogens (tertiary/aromatic N) is 2. The van der Waals surface area contributed by atoms with Crippen molar-refractivity contribution < 1.29 is 9.36 Å². The summed E-state index contributed by atoms with van der Waals surface area (Å²) in [4.78, 5) is 8.81. The van der Waals surface area contributed by atoms with Crippen molar-refractivity contribution in [3.05, 3.63) is 33.8 Å². The summed E-state index contributed by atoms with van der Waals surface area (Å²) in [6.07, 6.45) is 0. The van der Waals surface area contributed by atoms with Crippen molar-refractivity contribution in [3.63, 3.8) is 0 Å². The van der Waals surface area contributed by atoms with E-state index in [0.29, 0.717) is 10.0 Å². The van der Waals surface area contributed by atoms with Crippen LogP contribution in [0.25, 0.3) is 0 Å². The maximum absolute atomic E-state index is 5.95.